The van der Waals surface area contributed by atoms with Gasteiger partial charge < -0.3 is 10.4 Å². The van der Waals surface area contributed by atoms with Crippen molar-refractivity contribution in [2.45, 2.75) is 63.7 Å². The minimum Gasteiger partial charge on any atom is -0.481 e. The quantitative estimate of drug-likeness (QED) is 0.403. The smallest absolute Gasteiger partial charge is 0.307 e. The Morgan fingerprint density at radius 1 is 1.00 bits per heavy atom. The van der Waals surface area contributed by atoms with Crippen molar-refractivity contribution in [2.75, 3.05) is 5.32 Å². The fourth-order valence-electron chi connectivity index (χ4n) is 5.17. The lowest BCUT2D eigenvalue weighted by atomic mass is 9.78. The fourth-order valence-corrected chi connectivity index (χ4v) is 6.07. The molecule has 5 nitrogen and oxygen atoms in total. The van der Waals surface area contributed by atoms with Crippen molar-refractivity contribution in [1.29, 1.82) is 0 Å². The third-order valence-corrected chi connectivity index (χ3v) is 8.27. The maximum Gasteiger partial charge on any atom is 0.307 e. The van der Waals surface area contributed by atoms with Gasteiger partial charge in [0, 0.05) is 29.0 Å². The first-order chi connectivity index (χ1) is 16.1. The van der Waals surface area contributed by atoms with E-state index in [1.807, 2.05) is 18.2 Å². The van der Waals surface area contributed by atoms with Crippen LogP contribution < -0.4 is 5.32 Å². The second kappa shape index (κ2) is 9.64. The first-order valence-electron chi connectivity index (χ1n) is 12.1. The molecule has 5 rings (SSSR count). The number of carboxylic acid groups (broad SMARTS) is 1. The van der Waals surface area contributed by atoms with Crippen LogP contribution >= 0.6 is 11.3 Å². The van der Waals surface area contributed by atoms with Crippen molar-refractivity contribution < 1.29 is 14.7 Å². The largest absolute Gasteiger partial charge is 0.481 e. The third-order valence-electron chi connectivity index (χ3n) is 7.36. The Morgan fingerprint density at radius 3 is 2.52 bits per heavy atom. The van der Waals surface area contributed by atoms with E-state index in [2.05, 4.69) is 28.9 Å². The Kier molecular flexibility index (Phi) is 6.45. The zero-order valence-electron chi connectivity index (χ0n) is 18.8. The van der Waals surface area contributed by atoms with Crippen LogP contribution in [0.15, 0.2) is 41.8 Å². The molecule has 1 aromatic heterocycles. The molecule has 1 atom stereocenters. The molecule has 1 heterocycles. The number of aliphatic carboxylic acids is 1. The van der Waals surface area contributed by atoms with Crippen molar-refractivity contribution >= 4 is 39.7 Å². The van der Waals surface area contributed by atoms with Gasteiger partial charge in [0.15, 0.2) is 0 Å². The molecule has 172 valence electrons. The van der Waals surface area contributed by atoms with Gasteiger partial charge >= 0.3 is 5.97 Å². The van der Waals surface area contributed by atoms with E-state index in [0.717, 1.165) is 53.4 Å². The predicted molar refractivity (Wildman–Crippen MR) is 133 cm³/mol. The normalized spacial score (nSPS) is 18.1. The minimum absolute atomic E-state index is 0.0289. The molecule has 2 aliphatic carbocycles. The van der Waals surface area contributed by atoms with Crippen molar-refractivity contribution in [3.8, 4) is 10.6 Å². The van der Waals surface area contributed by atoms with Crippen LogP contribution in [-0.2, 0) is 9.59 Å². The highest BCUT2D eigenvalue weighted by molar-refractivity contribution is 7.13. The predicted octanol–water partition coefficient (Wildman–Crippen LogP) is 6.84. The zero-order chi connectivity index (χ0) is 22.8. The monoisotopic (exact) mass is 462 g/mol. The average molecular weight is 463 g/mol. The van der Waals surface area contributed by atoms with Gasteiger partial charge in [-0.05, 0) is 60.6 Å². The third kappa shape index (κ3) is 4.96. The standard InChI is InChI=1S/C27H30N2O3S/c30-25(15-23(27(31)32)18-5-2-1-3-6-18)28-22-12-11-17-9-10-20(13-21(17)14-22)26-29-24(16-33-26)19-7-4-8-19/h9-14,16,18-19,23H,1-8,15H2,(H,28,30)(H,31,32)/t23-/m0/s1. The number of thiazole rings is 1. The molecule has 2 fully saturated rings. The Hall–Kier alpha value is -2.73. The van der Waals surface area contributed by atoms with Crippen LogP contribution in [0.3, 0.4) is 0 Å². The Balaban J connectivity index is 1.30. The number of carboxylic acids is 1. The molecular weight excluding hydrogens is 432 g/mol. The number of rotatable bonds is 7. The molecule has 0 saturated heterocycles. The molecule has 0 spiro atoms. The van der Waals surface area contributed by atoms with Gasteiger partial charge in [-0.15, -0.1) is 11.3 Å². The highest BCUT2D eigenvalue weighted by atomic mass is 32.1. The highest BCUT2D eigenvalue weighted by Crippen LogP contribution is 2.39. The SMILES string of the molecule is O=C(C[C@H](C(=O)O)C1CCCCC1)Nc1ccc2ccc(-c3nc(C4CCC4)cs3)cc2c1. The molecule has 2 aliphatic rings. The van der Waals surface area contributed by atoms with Crippen LogP contribution in [0, 0.1) is 11.8 Å². The van der Waals surface area contributed by atoms with Gasteiger partial charge in [0.25, 0.3) is 0 Å². The number of carbonyl (C=O) groups is 2. The van der Waals surface area contributed by atoms with E-state index in [1.54, 1.807) is 11.3 Å². The van der Waals surface area contributed by atoms with E-state index in [1.165, 1.54) is 25.0 Å². The van der Waals surface area contributed by atoms with Crippen LogP contribution in [0.25, 0.3) is 21.3 Å². The molecule has 6 heteroatoms. The highest BCUT2D eigenvalue weighted by Gasteiger charge is 2.31. The molecule has 0 radical (unpaired) electrons. The molecule has 2 saturated carbocycles. The molecule has 3 aromatic rings. The summed E-state index contributed by atoms with van der Waals surface area (Å²) in [5.41, 5.74) is 3.00. The van der Waals surface area contributed by atoms with Crippen molar-refractivity contribution in [3.05, 3.63) is 47.5 Å². The van der Waals surface area contributed by atoms with Crippen molar-refractivity contribution in [2.24, 2.45) is 11.8 Å². The number of nitrogens with zero attached hydrogens (tertiary/aromatic N) is 1. The summed E-state index contributed by atoms with van der Waals surface area (Å²) in [5.74, 6) is -0.963. The van der Waals surface area contributed by atoms with Crippen LogP contribution in [0.1, 0.15) is 69.4 Å². The minimum atomic E-state index is -0.857. The van der Waals surface area contributed by atoms with E-state index in [-0.39, 0.29) is 18.2 Å². The molecular formula is C27H30N2O3S. The Morgan fingerprint density at radius 2 is 1.79 bits per heavy atom. The van der Waals surface area contributed by atoms with Gasteiger partial charge in [-0.1, -0.05) is 43.9 Å². The van der Waals surface area contributed by atoms with Crippen molar-refractivity contribution in [1.82, 2.24) is 4.98 Å². The summed E-state index contributed by atoms with van der Waals surface area (Å²) in [5, 5.41) is 18.0. The van der Waals surface area contributed by atoms with Crippen LogP contribution in [0.5, 0.6) is 0 Å². The van der Waals surface area contributed by atoms with E-state index in [4.69, 9.17) is 4.98 Å². The maximum atomic E-state index is 12.7. The summed E-state index contributed by atoms with van der Waals surface area (Å²) in [6.45, 7) is 0. The molecule has 0 bridgehead atoms. The van der Waals surface area contributed by atoms with E-state index >= 15 is 0 Å². The van der Waals surface area contributed by atoms with Gasteiger partial charge in [0.1, 0.15) is 5.01 Å². The number of fused-ring (bicyclic) bond motifs is 1. The van der Waals surface area contributed by atoms with E-state index in [9.17, 15) is 14.7 Å². The number of carbonyl (C=O) groups excluding carboxylic acids is 1. The van der Waals surface area contributed by atoms with Gasteiger partial charge in [-0.25, -0.2) is 4.98 Å². The Bertz CT molecular complexity index is 1160. The average Bonchev–Trinajstić information content (AvgIpc) is 3.25. The van der Waals surface area contributed by atoms with Gasteiger partial charge in [-0.3, -0.25) is 9.59 Å². The van der Waals surface area contributed by atoms with Crippen LogP contribution in [0.4, 0.5) is 5.69 Å². The van der Waals surface area contributed by atoms with Crippen molar-refractivity contribution in [3.63, 3.8) is 0 Å². The number of hydrogen-bond acceptors (Lipinski definition) is 4. The molecule has 0 aliphatic heterocycles. The first-order valence-corrected chi connectivity index (χ1v) is 13.0. The number of aromatic nitrogens is 1. The lowest BCUT2D eigenvalue weighted by Crippen LogP contribution is -2.30. The number of hydrogen-bond donors (Lipinski definition) is 2. The molecule has 2 N–H and O–H groups in total. The fraction of sp³-hybridized carbons (Fsp3) is 0.444. The summed E-state index contributed by atoms with van der Waals surface area (Å²) in [4.78, 5) is 29.4. The van der Waals surface area contributed by atoms with Gasteiger partial charge in [-0.2, -0.15) is 0 Å². The summed E-state index contributed by atoms with van der Waals surface area (Å²) >= 11 is 1.69. The topological polar surface area (TPSA) is 79.3 Å². The first kappa shape index (κ1) is 22.1. The van der Waals surface area contributed by atoms with E-state index < -0.39 is 11.9 Å². The lowest BCUT2D eigenvalue weighted by molar-refractivity contribution is -0.146. The maximum absolute atomic E-state index is 12.7. The summed E-state index contributed by atoms with van der Waals surface area (Å²) in [6.07, 6.45) is 8.91. The van der Waals surface area contributed by atoms with Crippen LogP contribution in [-0.4, -0.2) is 22.0 Å². The zero-order valence-corrected chi connectivity index (χ0v) is 19.6. The second-order valence-corrected chi connectivity index (χ2v) is 10.4. The number of benzene rings is 2. The number of nitrogens with one attached hydrogen (secondary N) is 1. The van der Waals surface area contributed by atoms with Gasteiger partial charge in [0.05, 0.1) is 11.6 Å². The van der Waals surface area contributed by atoms with Gasteiger partial charge in [0.2, 0.25) is 5.91 Å². The summed E-state index contributed by atoms with van der Waals surface area (Å²) in [6, 6.07) is 12.2. The molecule has 1 amide bonds. The lowest BCUT2D eigenvalue weighted by Gasteiger charge is -2.27. The number of amides is 1. The summed E-state index contributed by atoms with van der Waals surface area (Å²) < 4.78 is 0. The Labute approximate surface area is 198 Å². The molecule has 0 unspecified atom stereocenters. The molecule has 33 heavy (non-hydrogen) atoms. The van der Waals surface area contributed by atoms with E-state index in [0.29, 0.717) is 11.6 Å². The molecule has 2 aromatic carbocycles. The summed E-state index contributed by atoms with van der Waals surface area (Å²) in [7, 11) is 0. The second-order valence-electron chi connectivity index (χ2n) is 9.58. The number of anilines is 1. The van der Waals surface area contributed by atoms with Crippen LogP contribution in [0.2, 0.25) is 0 Å².